The number of unbranched alkanes of at least 4 members (excludes halogenated alkanes) is 3. The minimum Gasteiger partial charge on any atom is -0.497 e. The summed E-state index contributed by atoms with van der Waals surface area (Å²) >= 11 is 1.93. The zero-order valence-electron chi connectivity index (χ0n) is 20.0. The molecule has 33 heavy (non-hydrogen) atoms. The van der Waals surface area contributed by atoms with Crippen LogP contribution >= 0.6 is 11.8 Å². The number of carbonyl (C=O) groups is 1. The Morgan fingerprint density at radius 1 is 1.03 bits per heavy atom. The van der Waals surface area contributed by atoms with E-state index in [0.717, 1.165) is 36.5 Å². The number of thioether (sulfide) groups is 1. The molecule has 1 aliphatic heterocycles. The van der Waals surface area contributed by atoms with Crippen molar-refractivity contribution >= 4 is 17.7 Å². The second kappa shape index (κ2) is 12.2. The summed E-state index contributed by atoms with van der Waals surface area (Å²) < 4.78 is 10.9. The van der Waals surface area contributed by atoms with Crippen molar-refractivity contribution in [1.29, 1.82) is 0 Å². The van der Waals surface area contributed by atoms with E-state index >= 15 is 0 Å². The number of carboxylic acids is 1. The molecule has 1 aliphatic rings. The molecule has 2 aromatic rings. The van der Waals surface area contributed by atoms with E-state index < -0.39 is 5.97 Å². The zero-order valence-corrected chi connectivity index (χ0v) is 20.8. The quantitative estimate of drug-likeness (QED) is 0.263. The third kappa shape index (κ3) is 6.57. The molecule has 0 radical (unpaired) electrons. The highest BCUT2D eigenvalue weighted by molar-refractivity contribution is 7.99. The maximum atomic E-state index is 10.6. The molecule has 5 heteroatoms. The molecule has 3 rings (SSSR count). The molecule has 4 nitrogen and oxygen atoms in total. The van der Waals surface area contributed by atoms with Crippen molar-refractivity contribution in [1.82, 2.24) is 0 Å². The largest absolute Gasteiger partial charge is 0.497 e. The van der Waals surface area contributed by atoms with Crippen LogP contribution in [-0.4, -0.2) is 31.0 Å². The first-order valence-corrected chi connectivity index (χ1v) is 12.8. The van der Waals surface area contributed by atoms with Crippen LogP contribution in [0, 0.1) is 0 Å². The Bertz CT molecular complexity index is 937. The van der Waals surface area contributed by atoms with Gasteiger partial charge in [0.1, 0.15) is 11.5 Å². The topological polar surface area (TPSA) is 55.8 Å². The first-order valence-electron chi connectivity index (χ1n) is 11.8. The number of fused-ring (bicyclic) bond motifs is 1. The molecule has 1 heterocycles. The van der Waals surface area contributed by atoms with Crippen LogP contribution in [0.25, 0.3) is 0 Å². The van der Waals surface area contributed by atoms with Crippen LogP contribution in [0.5, 0.6) is 11.5 Å². The molecule has 2 unspecified atom stereocenters. The summed E-state index contributed by atoms with van der Waals surface area (Å²) in [6, 6.07) is 15.1. The van der Waals surface area contributed by atoms with E-state index in [1.54, 1.807) is 14.2 Å². The third-order valence-electron chi connectivity index (χ3n) is 6.70. The lowest BCUT2D eigenvalue weighted by Crippen LogP contribution is -2.36. The van der Waals surface area contributed by atoms with Gasteiger partial charge in [-0.2, -0.15) is 0 Å². The highest BCUT2D eigenvalue weighted by Gasteiger charge is 2.41. The average Bonchev–Trinajstić information content (AvgIpc) is 2.83. The molecule has 0 saturated heterocycles. The normalized spacial score (nSPS) is 19.9. The monoisotopic (exact) mass is 468 g/mol. The van der Waals surface area contributed by atoms with E-state index in [2.05, 4.69) is 55.5 Å². The Morgan fingerprint density at radius 3 is 2.42 bits per heavy atom. The number of hydrogen-bond acceptors (Lipinski definition) is 4. The first-order chi connectivity index (χ1) is 16.0. The summed E-state index contributed by atoms with van der Waals surface area (Å²) in [5.41, 5.74) is 2.84. The summed E-state index contributed by atoms with van der Waals surface area (Å²) in [6.45, 7) is 2.41. The molecular weight excluding hydrogens is 432 g/mol. The van der Waals surface area contributed by atoms with Crippen LogP contribution in [0.15, 0.2) is 59.5 Å². The van der Waals surface area contributed by atoms with E-state index in [-0.39, 0.29) is 11.8 Å². The van der Waals surface area contributed by atoms with Gasteiger partial charge in [-0.05, 0) is 67.0 Å². The number of carboxylic acid groups (broad SMARTS) is 1. The van der Waals surface area contributed by atoms with Crippen molar-refractivity contribution in [2.45, 2.75) is 68.1 Å². The highest BCUT2D eigenvalue weighted by atomic mass is 32.2. The van der Waals surface area contributed by atoms with Crippen LogP contribution in [0.2, 0.25) is 0 Å². The molecule has 0 bridgehead atoms. The summed E-state index contributed by atoms with van der Waals surface area (Å²) in [6.07, 6.45) is 10.6. The van der Waals surface area contributed by atoms with Crippen molar-refractivity contribution in [2.24, 2.45) is 0 Å². The Hall–Kier alpha value is -2.40. The molecular formula is C28H36O4S. The molecule has 0 aromatic heterocycles. The SMILES string of the molecule is COc1ccc(C2(C)CSc3cc(OC)ccc3C2CCCCCC=CCCC(=O)O)cc1. The third-order valence-corrected chi connectivity index (χ3v) is 8.11. The molecule has 2 aromatic carbocycles. The fourth-order valence-electron chi connectivity index (χ4n) is 4.69. The molecule has 0 amide bonds. The van der Waals surface area contributed by atoms with Crippen LogP contribution in [0.4, 0.5) is 0 Å². The van der Waals surface area contributed by atoms with E-state index in [1.807, 2.05) is 17.8 Å². The van der Waals surface area contributed by atoms with E-state index in [0.29, 0.717) is 12.3 Å². The van der Waals surface area contributed by atoms with Crippen LogP contribution in [-0.2, 0) is 10.2 Å². The molecule has 1 N–H and O–H groups in total. The second-order valence-corrected chi connectivity index (χ2v) is 9.95. The minimum absolute atomic E-state index is 0.0509. The lowest BCUT2D eigenvalue weighted by atomic mass is 9.68. The van der Waals surface area contributed by atoms with Gasteiger partial charge in [-0.25, -0.2) is 0 Å². The number of hydrogen-bond donors (Lipinski definition) is 1. The Kier molecular flexibility index (Phi) is 9.30. The predicted octanol–water partition coefficient (Wildman–Crippen LogP) is 7.22. The van der Waals surface area contributed by atoms with Gasteiger partial charge >= 0.3 is 5.97 Å². The lowest BCUT2D eigenvalue weighted by Gasteiger charge is -2.43. The molecule has 2 atom stereocenters. The molecule has 178 valence electrons. The standard InChI is InChI=1S/C28H36O4S/c1-28(21-13-15-22(31-2)16-14-21)20-33-26-19-23(32-3)17-18-24(26)25(28)11-9-7-5-4-6-8-10-12-27(29)30/h6,8,13-19,25H,4-5,7,9-12,20H2,1-3H3,(H,29,30). The van der Waals surface area contributed by atoms with Gasteiger partial charge in [0.15, 0.2) is 0 Å². The van der Waals surface area contributed by atoms with Gasteiger partial charge in [0, 0.05) is 22.5 Å². The number of aliphatic carboxylic acids is 1. The molecule has 0 spiro atoms. The summed E-state index contributed by atoms with van der Waals surface area (Å²) in [4.78, 5) is 11.9. The lowest BCUT2D eigenvalue weighted by molar-refractivity contribution is -0.136. The Balaban J connectivity index is 1.69. The van der Waals surface area contributed by atoms with E-state index in [1.165, 1.54) is 28.9 Å². The van der Waals surface area contributed by atoms with Crippen molar-refractivity contribution in [2.75, 3.05) is 20.0 Å². The van der Waals surface area contributed by atoms with Crippen molar-refractivity contribution in [3.8, 4) is 11.5 Å². The van der Waals surface area contributed by atoms with Crippen molar-refractivity contribution in [3.05, 3.63) is 65.7 Å². The summed E-state index contributed by atoms with van der Waals surface area (Å²) in [5, 5.41) is 8.71. The fourth-order valence-corrected chi connectivity index (χ4v) is 6.09. The summed E-state index contributed by atoms with van der Waals surface area (Å²) in [5.74, 6) is 2.56. The number of allylic oxidation sites excluding steroid dienone is 2. The smallest absolute Gasteiger partial charge is 0.303 e. The number of methoxy groups -OCH3 is 2. The van der Waals surface area contributed by atoms with Gasteiger partial charge in [0.05, 0.1) is 14.2 Å². The van der Waals surface area contributed by atoms with Crippen molar-refractivity contribution < 1.29 is 19.4 Å². The van der Waals surface area contributed by atoms with E-state index in [4.69, 9.17) is 14.6 Å². The number of rotatable bonds is 12. The fraction of sp³-hybridized carbons (Fsp3) is 0.464. The molecule has 0 aliphatic carbocycles. The van der Waals surface area contributed by atoms with Gasteiger partial charge in [-0.1, -0.05) is 50.1 Å². The van der Waals surface area contributed by atoms with Gasteiger partial charge in [-0.3, -0.25) is 4.79 Å². The Labute approximate surface area is 202 Å². The molecule has 0 saturated carbocycles. The van der Waals surface area contributed by atoms with Gasteiger partial charge < -0.3 is 14.6 Å². The second-order valence-electron chi connectivity index (χ2n) is 8.93. The first kappa shape index (κ1) is 25.2. The van der Waals surface area contributed by atoms with Crippen LogP contribution in [0.3, 0.4) is 0 Å². The maximum absolute atomic E-state index is 10.6. The Morgan fingerprint density at radius 2 is 1.73 bits per heavy atom. The number of benzene rings is 2. The molecule has 0 fully saturated rings. The number of ether oxygens (including phenoxy) is 2. The minimum atomic E-state index is -0.733. The van der Waals surface area contributed by atoms with E-state index in [9.17, 15) is 4.79 Å². The maximum Gasteiger partial charge on any atom is 0.303 e. The van der Waals surface area contributed by atoms with Crippen LogP contribution < -0.4 is 9.47 Å². The van der Waals surface area contributed by atoms with Crippen molar-refractivity contribution in [3.63, 3.8) is 0 Å². The summed E-state index contributed by atoms with van der Waals surface area (Å²) in [7, 11) is 3.44. The average molecular weight is 469 g/mol. The zero-order chi connectivity index (χ0) is 23.7. The van der Waals surface area contributed by atoms with Crippen LogP contribution in [0.1, 0.15) is 68.9 Å². The highest BCUT2D eigenvalue weighted by Crippen LogP contribution is 2.52. The van der Waals surface area contributed by atoms with Gasteiger partial charge in [0.2, 0.25) is 0 Å². The van der Waals surface area contributed by atoms with Gasteiger partial charge in [-0.15, -0.1) is 11.8 Å². The predicted molar refractivity (Wildman–Crippen MR) is 136 cm³/mol. The van der Waals surface area contributed by atoms with Gasteiger partial charge in [0.25, 0.3) is 0 Å².